The number of benzene rings is 1. The molecule has 0 aromatic heterocycles. The zero-order valence-electron chi connectivity index (χ0n) is 8.08. The summed E-state index contributed by atoms with van der Waals surface area (Å²) in [5.41, 5.74) is 2.30. The predicted octanol–water partition coefficient (Wildman–Crippen LogP) is 2.13. The number of carbonyl (C=O) groups is 1. The molecule has 1 aliphatic rings. The molecule has 1 aromatic rings. The molecule has 1 heterocycles. The van der Waals surface area contributed by atoms with Gasteiger partial charge in [-0.2, -0.15) is 0 Å². The Kier molecular flexibility index (Phi) is 2.15. The summed E-state index contributed by atoms with van der Waals surface area (Å²) in [5.74, 6) is -0.858. The van der Waals surface area contributed by atoms with Gasteiger partial charge in [0.05, 0.1) is 11.3 Å². The highest BCUT2D eigenvalue weighted by Crippen LogP contribution is 2.28. The van der Waals surface area contributed by atoms with Crippen molar-refractivity contribution in [2.24, 2.45) is 0 Å². The average Bonchev–Trinajstić information content (AvgIpc) is 2.16. The molecular weight excluding hydrogens is 178 g/mol. The van der Waals surface area contributed by atoms with Gasteiger partial charge in [-0.1, -0.05) is 12.1 Å². The summed E-state index contributed by atoms with van der Waals surface area (Å²) >= 11 is 0. The van der Waals surface area contributed by atoms with Crippen LogP contribution in [0.1, 0.15) is 29.3 Å². The molecule has 3 heteroatoms. The monoisotopic (exact) mass is 191 g/mol. The van der Waals surface area contributed by atoms with Gasteiger partial charge in [0.15, 0.2) is 0 Å². The second-order valence-corrected chi connectivity index (χ2v) is 3.73. The third kappa shape index (κ3) is 1.45. The number of carboxylic acids is 1. The maximum Gasteiger partial charge on any atom is 0.337 e. The summed E-state index contributed by atoms with van der Waals surface area (Å²) < 4.78 is 0. The van der Waals surface area contributed by atoms with E-state index in [2.05, 4.69) is 12.2 Å². The molecule has 0 aliphatic carbocycles. The molecule has 2 rings (SSSR count). The zero-order chi connectivity index (χ0) is 10.1. The molecule has 2 N–H and O–H groups in total. The lowest BCUT2D eigenvalue weighted by Gasteiger charge is -2.25. The molecule has 14 heavy (non-hydrogen) atoms. The minimum absolute atomic E-state index is 0.364. The number of hydrogen-bond donors (Lipinski definition) is 2. The molecule has 1 aromatic carbocycles. The molecule has 0 saturated heterocycles. The number of aryl methyl sites for hydroxylation is 1. The molecule has 74 valence electrons. The first-order chi connectivity index (χ1) is 6.68. The standard InChI is InChI=1S/C11H13NO2/c1-7-5-6-8-3-2-4-9(11(13)14)10(8)12-7/h2-4,7,12H,5-6H2,1H3,(H,13,14). The van der Waals surface area contributed by atoms with Crippen LogP contribution in [-0.4, -0.2) is 17.1 Å². The summed E-state index contributed by atoms with van der Waals surface area (Å²) in [6.07, 6.45) is 2.03. The normalized spacial score (nSPS) is 19.6. The van der Waals surface area contributed by atoms with Gasteiger partial charge in [0.1, 0.15) is 0 Å². The number of carboxylic acid groups (broad SMARTS) is 1. The molecule has 3 nitrogen and oxygen atoms in total. The molecule has 1 unspecified atom stereocenters. The van der Waals surface area contributed by atoms with E-state index < -0.39 is 5.97 Å². The van der Waals surface area contributed by atoms with Gasteiger partial charge in [-0.25, -0.2) is 4.79 Å². The number of aromatic carboxylic acids is 1. The Bertz CT molecular complexity index is 374. The first-order valence-corrected chi connectivity index (χ1v) is 4.80. The molecule has 0 saturated carbocycles. The number of nitrogens with one attached hydrogen (secondary N) is 1. The van der Waals surface area contributed by atoms with Crippen LogP contribution in [0.3, 0.4) is 0 Å². The van der Waals surface area contributed by atoms with E-state index in [0.717, 1.165) is 24.1 Å². The van der Waals surface area contributed by atoms with E-state index in [9.17, 15) is 4.79 Å². The molecule has 0 radical (unpaired) electrons. The molecular formula is C11H13NO2. The van der Waals surface area contributed by atoms with Crippen LogP contribution in [0.4, 0.5) is 5.69 Å². The molecule has 0 fully saturated rings. The maximum atomic E-state index is 10.9. The third-order valence-electron chi connectivity index (χ3n) is 2.62. The minimum atomic E-state index is -0.858. The average molecular weight is 191 g/mol. The number of fused-ring (bicyclic) bond motifs is 1. The van der Waals surface area contributed by atoms with Crippen LogP contribution in [0, 0.1) is 0 Å². The van der Waals surface area contributed by atoms with E-state index >= 15 is 0 Å². The van der Waals surface area contributed by atoms with Gasteiger partial charge >= 0.3 is 5.97 Å². The van der Waals surface area contributed by atoms with E-state index in [1.54, 1.807) is 12.1 Å². The fourth-order valence-corrected chi connectivity index (χ4v) is 1.85. The lowest BCUT2D eigenvalue weighted by atomic mass is 9.96. The van der Waals surface area contributed by atoms with Crippen molar-refractivity contribution >= 4 is 11.7 Å². The van der Waals surface area contributed by atoms with E-state index in [0.29, 0.717) is 11.6 Å². The predicted molar refractivity (Wildman–Crippen MR) is 54.8 cm³/mol. The molecule has 0 spiro atoms. The van der Waals surface area contributed by atoms with Crippen molar-refractivity contribution in [3.63, 3.8) is 0 Å². The van der Waals surface area contributed by atoms with E-state index in [-0.39, 0.29) is 0 Å². The summed E-state index contributed by atoms with van der Waals surface area (Å²) in [6, 6.07) is 5.80. The second-order valence-electron chi connectivity index (χ2n) is 3.73. The summed E-state index contributed by atoms with van der Waals surface area (Å²) in [4.78, 5) is 10.9. The van der Waals surface area contributed by atoms with Gasteiger partial charge in [0.2, 0.25) is 0 Å². The Morgan fingerprint density at radius 1 is 1.57 bits per heavy atom. The number of hydrogen-bond acceptors (Lipinski definition) is 2. The van der Waals surface area contributed by atoms with Crippen molar-refractivity contribution in [3.05, 3.63) is 29.3 Å². The highest BCUT2D eigenvalue weighted by Gasteiger charge is 2.19. The Balaban J connectivity index is 2.48. The number of anilines is 1. The highest BCUT2D eigenvalue weighted by molar-refractivity contribution is 5.95. The fraction of sp³-hybridized carbons (Fsp3) is 0.364. The van der Waals surface area contributed by atoms with Gasteiger partial charge < -0.3 is 10.4 Å². The van der Waals surface area contributed by atoms with Gasteiger partial charge in [-0.15, -0.1) is 0 Å². The smallest absolute Gasteiger partial charge is 0.337 e. The van der Waals surface area contributed by atoms with Gasteiger partial charge in [0.25, 0.3) is 0 Å². The maximum absolute atomic E-state index is 10.9. The van der Waals surface area contributed by atoms with Crippen LogP contribution in [0.5, 0.6) is 0 Å². The lowest BCUT2D eigenvalue weighted by molar-refractivity contribution is 0.0697. The summed E-state index contributed by atoms with van der Waals surface area (Å²) in [6.45, 7) is 2.07. The third-order valence-corrected chi connectivity index (χ3v) is 2.62. The van der Waals surface area contributed by atoms with Gasteiger partial charge in [-0.05, 0) is 31.4 Å². The van der Waals surface area contributed by atoms with Crippen molar-refractivity contribution in [3.8, 4) is 0 Å². The fourth-order valence-electron chi connectivity index (χ4n) is 1.85. The van der Waals surface area contributed by atoms with E-state index in [1.165, 1.54) is 0 Å². The largest absolute Gasteiger partial charge is 0.478 e. The quantitative estimate of drug-likeness (QED) is 0.715. The molecule has 1 aliphatic heterocycles. The van der Waals surface area contributed by atoms with Crippen molar-refractivity contribution < 1.29 is 9.90 Å². The zero-order valence-corrected chi connectivity index (χ0v) is 8.08. The highest BCUT2D eigenvalue weighted by atomic mass is 16.4. The van der Waals surface area contributed by atoms with Crippen LogP contribution in [0.2, 0.25) is 0 Å². The Hall–Kier alpha value is -1.51. The van der Waals surface area contributed by atoms with Gasteiger partial charge in [-0.3, -0.25) is 0 Å². The summed E-state index contributed by atoms with van der Waals surface area (Å²) in [5, 5.41) is 12.2. The van der Waals surface area contributed by atoms with E-state index in [1.807, 2.05) is 6.07 Å². The Labute approximate surface area is 82.8 Å². The second kappa shape index (κ2) is 3.33. The van der Waals surface area contributed by atoms with Crippen LogP contribution in [-0.2, 0) is 6.42 Å². The van der Waals surface area contributed by atoms with Crippen LogP contribution < -0.4 is 5.32 Å². The first-order valence-electron chi connectivity index (χ1n) is 4.80. The van der Waals surface area contributed by atoms with E-state index in [4.69, 9.17) is 5.11 Å². The Morgan fingerprint density at radius 3 is 3.07 bits per heavy atom. The Morgan fingerprint density at radius 2 is 2.36 bits per heavy atom. The van der Waals surface area contributed by atoms with Crippen molar-refractivity contribution in [2.45, 2.75) is 25.8 Å². The van der Waals surface area contributed by atoms with Crippen LogP contribution in [0.15, 0.2) is 18.2 Å². The topological polar surface area (TPSA) is 49.3 Å². The molecule has 0 amide bonds. The summed E-state index contributed by atoms with van der Waals surface area (Å²) in [7, 11) is 0. The number of para-hydroxylation sites is 1. The van der Waals surface area contributed by atoms with Crippen LogP contribution in [0.25, 0.3) is 0 Å². The lowest BCUT2D eigenvalue weighted by Crippen LogP contribution is -2.23. The molecule has 0 bridgehead atoms. The van der Waals surface area contributed by atoms with Crippen molar-refractivity contribution in [1.82, 2.24) is 0 Å². The van der Waals surface area contributed by atoms with Gasteiger partial charge in [0, 0.05) is 6.04 Å². The van der Waals surface area contributed by atoms with Crippen molar-refractivity contribution in [1.29, 1.82) is 0 Å². The minimum Gasteiger partial charge on any atom is -0.478 e. The first kappa shape index (κ1) is 9.06. The number of rotatable bonds is 1. The van der Waals surface area contributed by atoms with Crippen LogP contribution >= 0.6 is 0 Å². The SMILES string of the molecule is CC1CCc2cccc(C(=O)O)c2N1. The van der Waals surface area contributed by atoms with Crippen molar-refractivity contribution in [2.75, 3.05) is 5.32 Å². The molecule has 1 atom stereocenters.